The Balaban J connectivity index is 0.000000256. The van der Waals surface area contributed by atoms with Crippen molar-refractivity contribution in [2.24, 2.45) is 9.98 Å². The molecule has 0 saturated heterocycles. The summed E-state index contributed by atoms with van der Waals surface area (Å²) in [6.07, 6.45) is 15.8. The zero-order valence-corrected chi connectivity index (χ0v) is 39.3. The molecule has 0 bridgehead atoms. The van der Waals surface area contributed by atoms with Gasteiger partial charge in [-0.25, -0.2) is 0 Å². The Bertz CT molecular complexity index is 2020. The minimum Gasteiger partial charge on any atom is -1.00 e. The maximum Gasteiger partial charge on any atom is 4.00 e. The van der Waals surface area contributed by atoms with Gasteiger partial charge in [-0.2, -0.15) is 0 Å². The maximum absolute atomic E-state index is 13.5. The van der Waals surface area contributed by atoms with Crippen LogP contribution in [0.15, 0.2) is 168 Å². The van der Waals surface area contributed by atoms with Gasteiger partial charge >= 0.3 is 26.2 Å². The Morgan fingerprint density at radius 1 is 0.410 bits per heavy atom. The van der Waals surface area contributed by atoms with E-state index in [0.29, 0.717) is 23.2 Å². The molecule has 0 spiro atoms. The monoisotopic (exact) mass is 924 g/mol. The standard InChI is InChI=1S/2C27H29NO.2ClH.Zr/c2*1-27(22-13-5-2-6-14-22,23-15-7-3-8-16-23)25-19-11-12-21(26(25)29)20-28-24-17-9-4-10-18-24;;;/h2*2-3,5-8,11-16,19-20,24,29H,4,9-10,17-18H2,1H3;2*1H;/q;;;;+4/p-4. The van der Waals surface area contributed by atoms with E-state index in [2.05, 4.69) is 62.4 Å². The Morgan fingerprint density at radius 2 is 0.689 bits per heavy atom. The van der Waals surface area contributed by atoms with Gasteiger partial charge in [0.1, 0.15) is 0 Å². The van der Waals surface area contributed by atoms with Gasteiger partial charge in [-0.05, 0) is 84.0 Å². The summed E-state index contributed by atoms with van der Waals surface area (Å²) >= 11 is 0. The summed E-state index contributed by atoms with van der Waals surface area (Å²) in [5, 5.41) is 27.1. The smallest absolute Gasteiger partial charge is 1.00 e. The van der Waals surface area contributed by atoms with Gasteiger partial charge in [-0.3, -0.25) is 9.98 Å². The first-order valence-corrected chi connectivity index (χ1v) is 21.3. The van der Waals surface area contributed by atoms with Crippen LogP contribution in [0.2, 0.25) is 0 Å². The van der Waals surface area contributed by atoms with E-state index >= 15 is 0 Å². The van der Waals surface area contributed by atoms with Crippen molar-refractivity contribution in [2.45, 2.75) is 101 Å². The summed E-state index contributed by atoms with van der Waals surface area (Å²) in [4.78, 5) is 9.52. The normalized spacial score (nSPS) is 14.9. The van der Waals surface area contributed by atoms with Crippen molar-refractivity contribution in [1.29, 1.82) is 0 Å². The molecule has 7 heteroatoms. The third-order valence-corrected chi connectivity index (χ3v) is 12.6. The van der Waals surface area contributed by atoms with Crippen LogP contribution in [-0.2, 0) is 37.0 Å². The van der Waals surface area contributed by atoms with E-state index in [0.717, 1.165) is 59.1 Å². The van der Waals surface area contributed by atoms with Crippen LogP contribution >= 0.6 is 0 Å². The van der Waals surface area contributed by atoms with Crippen molar-refractivity contribution in [2.75, 3.05) is 0 Å². The molecule has 2 fully saturated rings. The average Bonchev–Trinajstić information content (AvgIpc) is 3.30. The van der Waals surface area contributed by atoms with Crippen LogP contribution in [0, 0.1) is 0 Å². The fourth-order valence-electron chi connectivity index (χ4n) is 8.97. The van der Waals surface area contributed by atoms with Crippen molar-refractivity contribution in [1.82, 2.24) is 0 Å². The van der Waals surface area contributed by atoms with Crippen LogP contribution in [0.1, 0.15) is 123 Å². The molecule has 312 valence electrons. The minimum atomic E-state index is -0.520. The second-order valence-electron chi connectivity index (χ2n) is 16.3. The van der Waals surface area contributed by atoms with Crippen molar-refractivity contribution >= 4 is 12.4 Å². The van der Waals surface area contributed by atoms with E-state index in [1.54, 1.807) is 0 Å². The molecule has 0 unspecified atom stereocenters. The average molecular weight is 927 g/mol. The van der Waals surface area contributed by atoms with Gasteiger partial charge in [0.05, 0.1) is 0 Å². The number of rotatable bonds is 10. The molecule has 2 saturated carbocycles. The van der Waals surface area contributed by atoms with Crippen LogP contribution in [0.4, 0.5) is 0 Å². The van der Waals surface area contributed by atoms with Crippen LogP contribution < -0.4 is 35.0 Å². The van der Waals surface area contributed by atoms with Gasteiger partial charge in [0.25, 0.3) is 0 Å². The molecule has 0 heterocycles. The predicted octanol–water partition coefficient (Wildman–Crippen LogP) is 5.74. The molecule has 2 aliphatic rings. The third kappa shape index (κ3) is 11.6. The fourth-order valence-corrected chi connectivity index (χ4v) is 8.97. The molecular formula is C54H56Cl2N2O2Zr. The van der Waals surface area contributed by atoms with Gasteiger partial charge in [0.15, 0.2) is 0 Å². The van der Waals surface area contributed by atoms with Crippen LogP contribution in [0.25, 0.3) is 0 Å². The van der Waals surface area contributed by atoms with Gasteiger partial charge in [0.2, 0.25) is 0 Å². The molecule has 8 rings (SSSR count). The zero-order chi connectivity index (χ0) is 40.2. The molecule has 0 atom stereocenters. The van der Waals surface area contributed by atoms with Crippen LogP contribution in [0.3, 0.4) is 0 Å². The van der Waals surface area contributed by atoms with E-state index < -0.39 is 10.8 Å². The van der Waals surface area contributed by atoms with E-state index in [1.165, 1.54) is 38.5 Å². The van der Waals surface area contributed by atoms with Gasteiger partial charge < -0.3 is 35.0 Å². The van der Waals surface area contributed by atoms with Gasteiger partial charge in [-0.15, -0.1) is 0 Å². The van der Waals surface area contributed by atoms with E-state index in [4.69, 9.17) is 9.98 Å². The molecule has 2 aliphatic carbocycles. The van der Waals surface area contributed by atoms with Gasteiger partial charge in [0, 0.05) is 35.3 Å². The number of aliphatic imine (C=N–C) groups is 2. The van der Waals surface area contributed by atoms with Crippen molar-refractivity contribution in [3.8, 4) is 11.5 Å². The molecule has 0 amide bonds. The summed E-state index contributed by atoms with van der Waals surface area (Å²) in [5.41, 5.74) is 6.38. The third-order valence-electron chi connectivity index (χ3n) is 12.6. The molecule has 0 N–H and O–H groups in total. The predicted molar refractivity (Wildman–Crippen MR) is 238 cm³/mol. The summed E-state index contributed by atoms with van der Waals surface area (Å²) in [7, 11) is 0. The maximum atomic E-state index is 13.5. The second-order valence-corrected chi connectivity index (χ2v) is 16.3. The zero-order valence-electron chi connectivity index (χ0n) is 35.4. The topological polar surface area (TPSA) is 70.8 Å². The first-order chi connectivity index (χ1) is 28.4. The minimum absolute atomic E-state index is 0. The molecule has 4 nitrogen and oxygen atoms in total. The number of benzene rings is 6. The number of para-hydroxylation sites is 2. The number of nitrogens with zero attached hydrogens (tertiary/aromatic N) is 2. The molecule has 6 aromatic carbocycles. The van der Waals surface area contributed by atoms with Crippen LogP contribution in [-0.4, -0.2) is 24.5 Å². The summed E-state index contributed by atoms with van der Waals surface area (Å²) in [5.74, 6) is 0.143. The Hall–Kier alpha value is -4.28. The number of hydrogen-bond acceptors (Lipinski definition) is 4. The molecular weight excluding hydrogens is 871 g/mol. The van der Waals surface area contributed by atoms with Crippen molar-refractivity contribution in [3.05, 3.63) is 202 Å². The molecule has 61 heavy (non-hydrogen) atoms. The number of halogens is 2. The van der Waals surface area contributed by atoms with E-state index in [-0.39, 0.29) is 62.5 Å². The first-order valence-electron chi connectivity index (χ1n) is 21.3. The Kier molecular flexibility index (Phi) is 19.3. The van der Waals surface area contributed by atoms with E-state index in [1.807, 2.05) is 122 Å². The molecule has 6 aromatic rings. The Morgan fingerprint density at radius 3 is 0.967 bits per heavy atom. The second kappa shape index (κ2) is 23.8. The van der Waals surface area contributed by atoms with E-state index in [9.17, 15) is 10.2 Å². The summed E-state index contributed by atoms with van der Waals surface area (Å²) < 4.78 is 0. The molecule has 0 aliphatic heterocycles. The Labute approximate surface area is 395 Å². The SMILES string of the molecule is CC(c1ccccc1)(c1ccccc1)c1cccc(C=NC2CCCCC2)c1[O-].CC(c1ccccc1)(c1ccccc1)c1cccc(C=NC2CCCCC2)c1[O-].[Cl-].[Cl-].[Zr+4]. The van der Waals surface area contributed by atoms with Crippen molar-refractivity contribution in [3.63, 3.8) is 0 Å². The quantitative estimate of drug-likeness (QED) is 0.130. The first kappa shape index (κ1) is 49.4. The molecule has 0 radical (unpaired) electrons. The fraction of sp³-hybridized carbons (Fsp3) is 0.296. The molecule has 0 aromatic heterocycles. The van der Waals surface area contributed by atoms with Crippen molar-refractivity contribution < 1.29 is 61.2 Å². The van der Waals surface area contributed by atoms with Gasteiger partial charge in [-0.1, -0.05) is 208 Å². The summed E-state index contributed by atoms with van der Waals surface area (Å²) in [6, 6.07) is 53.6. The largest absolute Gasteiger partial charge is 4.00 e. The number of hydrogen-bond donors (Lipinski definition) is 0. The summed E-state index contributed by atoms with van der Waals surface area (Å²) in [6.45, 7) is 4.30. The van der Waals surface area contributed by atoms with Crippen LogP contribution in [0.5, 0.6) is 11.5 Å².